The van der Waals surface area contributed by atoms with Crippen LogP contribution in [0.4, 0.5) is 0 Å². The second kappa shape index (κ2) is 9.87. The number of carbonyl (C=O) groups excluding carboxylic acids is 2. The van der Waals surface area contributed by atoms with Crippen LogP contribution in [0.2, 0.25) is 0 Å². The highest BCUT2D eigenvalue weighted by molar-refractivity contribution is 6.12. The molecule has 0 atom stereocenters. The third kappa shape index (κ3) is 5.23. The number of amides is 1. The molecule has 2 aromatic rings. The van der Waals surface area contributed by atoms with E-state index in [2.05, 4.69) is 4.99 Å². The van der Waals surface area contributed by atoms with Gasteiger partial charge >= 0.3 is 5.97 Å². The van der Waals surface area contributed by atoms with Gasteiger partial charge in [0.25, 0.3) is 5.91 Å². The van der Waals surface area contributed by atoms with Crippen LogP contribution in [-0.2, 0) is 19.1 Å². The summed E-state index contributed by atoms with van der Waals surface area (Å²) in [7, 11) is 1.52. The number of morpholine rings is 1. The van der Waals surface area contributed by atoms with Crippen LogP contribution in [0.25, 0.3) is 6.08 Å². The maximum absolute atomic E-state index is 12.4. The SMILES string of the molecule is COc1cc(C=C2N=C(c3ccc(C)c(C)c3)OC2=O)ccc1OCC(=O)N1CCOCC1. The fraction of sp³-hybridized carbons (Fsp3) is 0.320. The molecule has 2 aliphatic rings. The van der Waals surface area contributed by atoms with Gasteiger partial charge in [0.2, 0.25) is 5.90 Å². The van der Waals surface area contributed by atoms with E-state index >= 15 is 0 Å². The number of cyclic esters (lactones) is 1. The van der Waals surface area contributed by atoms with E-state index < -0.39 is 5.97 Å². The quantitative estimate of drug-likeness (QED) is 0.497. The first-order valence-corrected chi connectivity index (χ1v) is 10.7. The molecule has 8 nitrogen and oxygen atoms in total. The lowest BCUT2D eigenvalue weighted by molar-refractivity contribution is -0.137. The summed E-state index contributed by atoms with van der Waals surface area (Å²) in [6.07, 6.45) is 1.63. The summed E-state index contributed by atoms with van der Waals surface area (Å²) in [5.41, 5.74) is 3.88. The Bertz CT molecular complexity index is 1130. The minimum atomic E-state index is -0.515. The zero-order valence-electron chi connectivity index (χ0n) is 18.9. The van der Waals surface area contributed by atoms with Gasteiger partial charge in [0.05, 0.1) is 20.3 Å². The lowest BCUT2D eigenvalue weighted by Crippen LogP contribution is -2.43. The van der Waals surface area contributed by atoms with Gasteiger partial charge in [0.1, 0.15) is 0 Å². The van der Waals surface area contributed by atoms with Crippen LogP contribution < -0.4 is 9.47 Å². The molecule has 0 radical (unpaired) electrons. The number of carbonyl (C=O) groups is 2. The molecule has 8 heteroatoms. The van der Waals surface area contributed by atoms with E-state index in [1.807, 2.05) is 32.0 Å². The van der Waals surface area contributed by atoms with Crippen LogP contribution >= 0.6 is 0 Å². The Labute approximate surface area is 192 Å². The van der Waals surface area contributed by atoms with Gasteiger partial charge in [-0.05, 0) is 60.9 Å². The van der Waals surface area contributed by atoms with E-state index in [0.29, 0.717) is 43.4 Å². The van der Waals surface area contributed by atoms with Crippen molar-refractivity contribution in [2.75, 3.05) is 40.0 Å². The average Bonchev–Trinajstić information content (AvgIpc) is 3.20. The van der Waals surface area contributed by atoms with Gasteiger partial charge in [-0.25, -0.2) is 9.79 Å². The highest BCUT2D eigenvalue weighted by Crippen LogP contribution is 2.30. The number of benzene rings is 2. The first-order chi connectivity index (χ1) is 15.9. The Hall–Kier alpha value is -3.65. The summed E-state index contributed by atoms with van der Waals surface area (Å²) >= 11 is 0. The fourth-order valence-electron chi connectivity index (χ4n) is 3.50. The van der Waals surface area contributed by atoms with Gasteiger partial charge in [-0.15, -0.1) is 0 Å². The minimum absolute atomic E-state index is 0.0905. The van der Waals surface area contributed by atoms with Crippen molar-refractivity contribution in [3.63, 3.8) is 0 Å². The van der Waals surface area contributed by atoms with Crippen LogP contribution in [-0.4, -0.2) is 62.7 Å². The zero-order valence-corrected chi connectivity index (χ0v) is 18.9. The normalized spacial score (nSPS) is 17.1. The van der Waals surface area contributed by atoms with Crippen molar-refractivity contribution in [2.24, 2.45) is 4.99 Å². The van der Waals surface area contributed by atoms with Crippen LogP contribution in [0.5, 0.6) is 11.5 Å². The van der Waals surface area contributed by atoms with Crippen LogP contribution in [0.1, 0.15) is 22.3 Å². The largest absolute Gasteiger partial charge is 0.493 e. The molecule has 33 heavy (non-hydrogen) atoms. The van der Waals surface area contributed by atoms with E-state index in [0.717, 1.165) is 16.7 Å². The number of nitrogens with zero attached hydrogens (tertiary/aromatic N) is 2. The Morgan fingerprint density at radius 2 is 1.88 bits per heavy atom. The second-order valence-corrected chi connectivity index (χ2v) is 7.83. The van der Waals surface area contributed by atoms with Crippen molar-refractivity contribution in [3.05, 3.63) is 64.3 Å². The van der Waals surface area contributed by atoms with Gasteiger partial charge in [0.15, 0.2) is 23.8 Å². The summed E-state index contributed by atoms with van der Waals surface area (Å²) in [6.45, 7) is 6.12. The second-order valence-electron chi connectivity index (χ2n) is 7.83. The number of methoxy groups -OCH3 is 1. The Morgan fingerprint density at radius 1 is 1.09 bits per heavy atom. The van der Waals surface area contributed by atoms with E-state index in [4.69, 9.17) is 18.9 Å². The number of aryl methyl sites for hydroxylation is 2. The lowest BCUT2D eigenvalue weighted by Gasteiger charge is -2.26. The van der Waals surface area contributed by atoms with Gasteiger partial charge in [-0.2, -0.15) is 0 Å². The highest BCUT2D eigenvalue weighted by atomic mass is 16.6. The van der Waals surface area contributed by atoms with Crippen LogP contribution in [0.3, 0.4) is 0 Å². The van der Waals surface area contributed by atoms with Crippen molar-refractivity contribution in [2.45, 2.75) is 13.8 Å². The first kappa shape index (κ1) is 22.5. The van der Waals surface area contributed by atoms with Crippen LogP contribution in [0.15, 0.2) is 47.1 Å². The Kier molecular flexibility index (Phi) is 6.74. The molecule has 172 valence electrons. The fourth-order valence-corrected chi connectivity index (χ4v) is 3.50. The molecule has 2 aromatic carbocycles. The molecule has 1 fully saturated rings. The van der Waals surface area contributed by atoms with E-state index in [-0.39, 0.29) is 24.1 Å². The number of esters is 1. The number of hydrogen-bond donors (Lipinski definition) is 0. The molecule has 0 bridgehead atoms. The van der Waals surface area contributed by atoms with Crippen molar-refractivity contribution in [3.8, 4) is 11.5 Å². The molecule has 2 aliphatic heterocycles. The third-order valence-electron chi connectivity index (χ3n) is 5.58. The van der Waals surface area contributed by atoms with Crippen molar-refractivity contribution in [1.82, 2.24) is 4.90 Å². The van der Waals surface area contributed by atoms with E-state index in [1.165, 1.54) is 7.11 Å². The topological polar surface area (TPSA) is 86.7 Å². The van der Waals surface area contributed by atoms with E-state index in [1.54, 1.807) is 29.2 Å². The summed E-state index contributed by atoms with van der Waals surface area (Å²) in [4.78, 5) is 30.8. The zero-order chi connectivity index (χ0) is 23.4. The molecule has 0 unspecified atom stereocenters. The average molecular weight is 450 g/mol. The number of hydrogen-bond acceptors (Lipinski definition) is 7. The third-order valence-corrected chi connectivity index (χ3v) is 5.58. The molecular weight excluding hydrogens is 424 g/mol. The summed E-state index contributed by atoms with van der Waals surface area (Å²) in [5, 5.41) is 0. The van der Waals surface area contributed by atoms with Gasteiger partial charge in [-0.3, -0.25) is 4.79 Å². The monoisotopic (exact) mass is 450 g/mol. The van der Waals surface area contributed by atoms with Crippen molar-refractivity contribution in [1.29, 1.82) is 0 Å². The predicted molar refractivity (Wildman–Crippen MR) is 122 cm³/mol. The summed E-state index contributed by atoms with van der Waals surface area (Å²) < 4.78 is 21.7. The Morgan fingerprint density at radius 3 is 2.61 bits per heavy atom. The molecular formula is C25H26N2O6. The van der Waals surface area contributed by atoms with Crippen molar-refractivity contribution < 1.29 is 28.5 Å². The number of aliphatic imine (C=N–C) groups is 1. The lowest BCUT2D eigenvalue weighted by atomic mass is 10.1. The van der Waals surface area contributed by atoms with Gasteiger partial charge < -0.3 is 23.8 Å². The highest BCUT2D eigenvalue weighted by Gasteiger charge is 2.24. The summed E-state index contributed by atoms with van der Waals surface area (Å²) in [5.74, 6) is 0.549. The molecule has 0 spiro atoms. The molecule has 0 aromatic heterocycles. The molecule has 1 saturated heterocycles. The summed E-state index contributed by atoms with van der Waals surface area (Å²) in [6, 6.07) is 11.0. The van der Waals surface area contributed by atoms with E-state index in [9.17, 15) is 9.59 Å². The van der Waals surface area contributed by atoms with Crippen molar-refractivity contribution >= 4 is 23.9 Å². The van der Waals surface area contributed by atoms with Gasteiger partial charge in [-0.1, -0.05) is 12.1 Å². The Balaban J connectivity index is 1.48. The number of rotatable bonds is 6. The van der Waals surface area contributed by atoms with Gasteiger partial charge in [0, 0.05) is 18.7 Å². The first-order valence-electron chi connectivity index (χ1n) is 10.7. The molecule has 0 saturated carbocycles. The smallest absolute Gasteiger partial charge is 0.363 e. The van der Waals surface area contributed by atoms with Crippen LogP contribution in [0, 0.1) is 13.8 Å². The standard InChI is InChI=1S/C25H26N2O6/c1-16-4-6-19(12-17(16)2)24-26-20(25(29)33-24)13-18-5-7-21(22(14-18)30-3)32-15-23(28)27-8-10-31-11-9-27/h4-7,12-14H,8-11,15H2,1-3H3. The minimum Gasteiger partial charge on any atom is -0.493 e. The predicted octanol–water partition coefficient (Wildman–Crippen LogP) is 2.89. The molecule has 0 N–H and O–H groups in total. The molecule has 4 rings (SSSR count). The maximum atomic E-state index is 12.4. The molecule has 0 aliphatic carbocycles. The molecule has 2 heterocycles. The maximum Gasteiger partial charge on any atom is 0.363 e. The number of ether oxygens (including phenoxy) is 4. The molecule has 1 amide bonds.